The van der Waals surface area contributed by atoms with E-state index < -0.39 is 11.6 Å². The summed E-state index contributed by atoms with van der Waals surface area (Å²) >= 11 is 5.83. The molecule has 3 rings (SSSR count). The first kappa shape index (κ1) is 14.7. The molecule has 0 amide bonds. The van der Waals surface area contributed by atoms with Gasteiger partial charge in [0.25, 0.3) is 0 Å². The highest BCUT2D eigenvalue weighted by molar-refractivity contribution is 6.30. The lowest BCUT2D eigenvalue weighted by atomic mass is 10.1. The maximum absolute atomic E-state index is 13.7. The summed E-state index contributed by atoms with van der Waals surface area (Å²) in [5.41, 5.74) is 1.21. The molecule has 3 aromatic rings. The standard InChI is InChI=1S/C16H12ClF2N3/c17-11-3-1-10(2-4-11)5-6-20-16-13-7-12(18)8-14(19)15(13)21-9-22-16/h1-4,7-9H,5-6H2,(H,20,21,22). The van der Waals surface area contributed by atoms with E-state index in [4.69, 9.17) is 11.6 Å². The van der Waals surface area contributed by atoms with E-state index in [1.54, 1.807) is 0 Å². The van der Waals surface area contributed by atoms with Crippen molar-refractivity contribution in [3.63, 3.8) is 0 Å². The molecule has 0 aliphatic heterocycles. The van der Waals surface area contributed by atoms with Gasteiger partial charge in [-0.3, -0.25) is 0 Å². The molecule has 0 saturated carbocycles. The zero-order valence-electron chi connectivity index (χ0n) is 11.5. The summed E-state index contributed by atoms with van der Waals surface area (Å²) in [6.45, 7) is 0.575. The van der Waals surface area contributed by atoms with Crippen LogP contribution in [0.15, 0.2) is 42.7 Å². The normalized spacial score (nSPS) is 10.9. The average Bonchev–Trinajstić information content (AvgIpc) is 2.50. The number of hydrogen-bond donors (Lipinski definition) is 1. The van der Waals surface area contributed by atoms with E-state index in [0.717, 1.165) is 18.1 Å². The van der Waals surface area contributed by atoms with Crippen LogP contribution in [0.5, 0.6) is 0 Å². The molecular weight excluding hydrogens is 308 g/mol. The number of anilines is 1. The molecule has 1 heterocycles. The molecule has 2 aromatic carbocycles. The fraction of sp³-hybridized carbons (Fsp3) is 0.125. The fourth-order valence-electron chi connectivity index (χ4n) is 2.21. The van der Waals surface area contributed by atoms with Crippen LogP contribution in [0.1, 0.15) is 5.56 Å². The lowest BCUT2D eigenvalue weighted by Gasteiger charge is -2.09. The van der Waals surface area contributed by atoms with Gasteiger partial charge in [0.15, 0.2) is 5.82 Å². The zero-order chi connectivity index (χ0) is 15.5. The molecule has 112 valence electrons. The van der Waals surface area contributed by atoms with Gasteiger partial charge in [0.2, 0.25) is 0 Å². The first-order valence-corrected chi connectivity index (χ1v) is 7.09. The Balaban J connectivity index is 1.78. The Morgan fingerprint density at radius 2 is 1.82 bits per heavy atom. The van der Waals surface area contributed by atoms with Crippen LogP contribution in [0.3, 0.4) is 0 Å². The van der Waals surface area contributed by atoms with Crippen molar-refractivity contribution >= 4 is 28.3 Å². The van der Waals surface area contributed by atoms with Gasteiger partial charge < -0.3 is 5.32 Å². The first-order chi connectivity index (χ1) is 10.6. The summed E-state index contributed by atoms with van der Waals surface area (Å²) < 4.78 is 27.0. The van der Waals surface area contributed by atoms with Crippen molar-refractivity contribution in [2.45, 2.75) is 6.42 Å². The Labute approximate surface area is 131 Å². The van der Waals surface area contributed by atoms with Crippen LogP contribution in [-0.2, 0) is 6.42 Å². The van der Waals surface area contributed by atoms with Gasteiger partial charge in [-0.2, -0.15) is 0 Å². The molecule has 0 atom stereocenters. The van der Waals surface area contributed by atoms with Gasteiger partial charge in [0.05, 0.1) is 0 Å². The van der Waals surface area contributed by atoms with Gasteiger partial charge in [-0.25, -0.2) is 18.7 Å². The Hall–Kier alpha value is -2.27. The molecule has 1 N–H and O–H groups in total. The Morgan fingerprint density at radius 3 is 2.59 bits per heavy atom. The molecule has 0 spiro atoms. The van der Waals surface area contributed by atoms with E-state index >= 15 is 0 Å². The third-order valence-electron chi connectivity index (χ3n) is 3.28. The van der Waals surface area contributed by atoms with Gasteiger partial charge in [0, 0.05) is 23.0 Å². The molecule has 0 fully saturated rings. The first-order valence-electron chi connectivity index (χ1n) is 6.71. The summed E-state index contributed by atoms with van der Waals surface area (Å²) in [4.78, 5) is 7.91. The monoisotopic (exact) mass is 319 g/mol. The summed E-state index contributed by atoms with van der Waals surface area (Å²) in [5, 5.41) is 4.10. The van der Waals surface area contributed by atoms with Crippen molar-refractivity contribution in [3.8, 4) is 0 Å². The molecule has 0 unspecified atom stereocenters. The van der Waals surface area contributed by atoms with Crippen LogP contribution in [0, 0.1) is 11.6 Å². The molecule has 22 heavy (non-hydrogen) atoms. The van der Waals surface area contributed by atoms with Crippen molar-refractivity contribution in [3.05, 3.63) is 64.9 Å². The van der Waals surface area contributed by atoms with Gasteiger partial charge in [-0.15, -0.1) is 0 Å². The summed E-state index contributed by atoms with van der Waals surface area (Å²) in [5.74, 6) is -0.934. The van der Waals surface area contributed by atoms with Crippen molar-refractivity contribution < 1.29 is 8.78 Å². The average molecular weight is 320 g/mol. The van der Waals surface area contributed by atoms with E-state index in [2.05, 4.69) is 15.3 Å². The molecule has 0 aliphatic rings. The number of nitrogens with zero attached hydrogens (tertiary/aromatic N) is 2. The Bertz CT molecular complexity index is 806. The third-order valence-corrected chi connectivity index (χ3v) is 3.53. The smallest absolute Gasteiger partial charge is 0.152 e. The molecular formula is C16H12ClF2N3. The van der Waals surface area contributed by atoms with Gasteiger partial charge >= 0.3 is 0 Å². The van der Waals surface area contributed by atoms with E-state index in [1.807, 2.05) is 24.3 Å². The van der Waals surface area contributed by atoms with Gasteiger partial charge in [-0.1, -0.05) is 23.7 Å². The molecule has 1 aromatic heterocycles. The van der Waals surface area contributed by atoms with Crippen molar-refractivity contribution in [1.29, 1.82) is 0 Å². The molecule has 3 nitrogen and oxygen atoms in total. The quantitative estimate of drug-likeness (QED) is 0.782. The van der Waals surface area contributed by atoms with Crippen LogP contribution >= 0.6 is 11.6 Å². The molecule has 6 heteroatoms. The zero-order valence-corrected chi connectivity index (χ0v) is 12.2. The van der Waals surface area contributed by atoms with Crippen molar-refractivity contribution in [2.75, 3.05) is 11.9 Å². The number of nitrogens with one attached hydrogen (secondary N) is 1. The molecule has 0 bridgehead atoms. The van der Waals surface area contributed by atoms with E-state index in [-0.39, 0.29) is 5.52 Å². The number of benzene rings is 2. The van der Waals surface area contributed by atoms with Crippen LogP contribution < -0.4 is 5.32 Å². The molecule has 0 radical (unpaired) electrons. The van der Waals surface area contributed by atoms with E-state index in [9.17, 15) is 8.78 Å². The SMILES string of the molecule is Fc1cc(F)c2ncnc(NCCc3ccc(Cl)cc3)c2c1. The number of fused-ring (bicyclic) bond motifs is 1. The minimum absolute atomic E-state index is 0.102. The predicted molar refractivity (Wildman–Crippen MR) is 83.1 cm³/mol. The van der Waals surface area contributed by atoms with Crippen molar-refractivity contribution in [2.24, 2.45) is 0 Å². The Morgan fingerprint density at radius 1 is 1.05 bits per heavy atom. The highest BCUT2D eigenvalue weighted by atomic mass is 35.5. The summed E-state index contributed by atoms with van der Waals surface area (Å²) in [7, 11) is 0. The maximum Gasteiger partial charge on any atom is 0.152 e. The number of hydrogen-bond acceptors (Lipinski definition) is 3. The highest BCUT2D eigenvalue weighted by Gasteiger charge is 2.09. The van der Waals surface area contributed by atoms with Crippen LogP contribution in [0.25, 0.3) is 10.9 Å². The Kier molecular flexibility index (Phi) is 4.15. The van der Waals surface area contributed by atoms with Crippen LogP contribution in [-0.4, -0.2) is 16.5 Å². The highest BCUT2D eigenvalue weighted by Crippen LogP contribution is 2.23. The van der Waals surface area contributed by atoms with Crippen molar-refractivity contribution in [1.82, 2.24) is 9.97 Å². The fourth-order valence-corrected chi connectivity index (χ4v) is 2.33. The van der Waals surface area contributed by atoms with Gasteiger partial charge in [-0.05, 0) is 30.2 Å². The second-order valence-electron chi connectivity index (χ2n) is 4.81. The topological polar surface area (TPSA) is 37.8 Å². The largest absolute Gasteiger partial charge is 0.369 e. The minimum atomic E-state index is -0.696. The summed E-state index contributed by atoms with van der Waals surface area (Å²) in [6, 6.07) is 9.54. The van der Waals surface area contributed by atoms with E-state index in [0.29, 0.717) is 22.8 Å². The molecule has 0 aliphatic carbocycles. The lowest BCUT2D eigenvalue weighted by molar-refractivity contribution is 0.590. The number of aromatic nitrogens is 2. The van der Waals surface area contributed by atoms with Gasteiger partial charge in [0.1, 0.15) is 23.5 Å². The summed E-state index contributed by atoms with van der Waals surface area (Å²) in [6.07, 6.45) is 1.99. The second kappa shape index (κ2) is 6.23. The predicted octanol–water partition coefficient (Wildman–Crippen LogP) is 4.22. The molecule has 0 saturated heterocycles. The third kappa shape index (κ3) is 3.14. The minimum Gasteiger partial charge on any atom is -0.369 e. The lowest BCUT2D eigenvalue weighted by Crippen LogP contribution is -2.07. The second-order valence-corrected chi connectivity index (χ2v) is 5.25. The number of rotatable bonds is 4. The van der Waals surface area contributed by atoms with Crippen LogP contribution in [0.4, 0.5) is 14.6 Å². The van der Waals surface area contributed by atoms with E-state index in [1.165, 1.54) is 12.4 Å². The van der Waals surface area contributed by atoms with Crippen LogP contribution in [0.2, 0.25) is 5.02 Å². The number of halogens is 3. The maximum atomic E-state index is 13.7.